The smallest absolute Gasteiger partial charge is 0.194 e. The molecule has 1 saturated heterocycles. The molecule has 0 unspecified atom stereocenters. The van der Waals surface area contributed by atoms with Crippen molar-refractivity contribution in [2.75, 3.05) is 45.6 Å². The number of nitrogens with zero attached hydrogens (tertiary/aromatic N) is 2. The Bertz CT molecular complexity index is 380. The molecule has 5 heteroatoms. The van der Waals surface area contributed by atoms with Gasteiger partial charge in [-0.3, -0.25) is 4.99 Å². The van der Waals surface area contributed by atoms with Crippen LogP contribution in [0.25, 0.3) is 0 Å². The molecule has 0 atom stereocenters. The highest BCUT2D eigenvalue weighted by atomic mass is 32.2. The van der Waals surface area contributed by atoms with E-state index >= 15 is 0 Å². The van der Waals surface area contributed by atoms with Gasteiger partial charge in [0.25, 0.3) is 0 Å². The van der Waals surface area contributed by atoms with E-state index in [0.717, 1.165) is 45.2 Å². The molecule has 1 saturated carbocycles. The molecule has 1 heterocycles. The summed E-state index contributed by atoms with van der Waals surface area (Å²) in [4.78, 5) is 7.46. The first-order valence-electron chi connectivity index (χ1n) is 8.66. The van der Waals surface area contributed by atoms with Gasteiger partial charge >= 0.3 is 0 Å². The summed E-state index contributed by atoms with van der Waals surface area (Å²) in [6.45, 7) is 11.7. The Kier molecular flexibility index (Phi) is 6.45. The van der Waals surface area contributed by atoms with Crippen molar-refractivity contribution in [3.8, 4) is 0 Å². The number of rotatable bonds is 6. The summed E-state index contributed by atoms with van der Waals surface area (Å²) in [5.41, 5.74) is 0.400. The standard InChI is InChI=1S/C17H33N3OS/c1-5-18-15(20-10-12-22-16(2,3)14-20)19-13-17(7-6-8-17)9-11-21-4/h5-14H2,1-4H3,(H,18,19). The Balaban J connectivity index is 2.00. The summed E-state index contributed by atoms with van der Waals surface area (Å²) < 4.78 is 5.61. The largest absolute Gasteiger partial charge is 0.385 e. The van der Waals surface area contributed by atoms with Gasteiger partial charge in [0, 0.05) is 50.4 Å². The molecule has 2 fully saturated rings. The maximum atomic E-state index is 5.29. The van der Waals surface area contributed by atoms with Crippen molar-refractivity contribution in [3.05, 3.63) is 0 Å². The van der Waals surface area contributed by atoms with E-state index in [1.54, 1.807) is 7.11 Å². The third kappa shape index (κ3) is 4.79. The van der Waals surface area contributed by atoms with Crippen LogP contribution in [0.5, 0.6) is 0 Å². The molecule has 1 N–H and O–H groups in total. The summed E-state index contributed by atoms with van der Waals surface area (Å²) in [6.07, 6.45) is 5.11. The van der Waals surface area contributed by atoms with Crippen LogP contribution in [-0.4, -0.2) is 61.3 Å². The van der Waals surface area contributed by atoms with Crippen molar-refractivity contribution in [2.24, 2.45) is 10.4 Å². The molecular formula is C17H33N3OS. The second-order valence-corrected chi connectivity index (χ2v) is 9.10. The summed E-state index contributed by atoms with van der Waals surface area (Å²) >= 11 is 2.07. The van der Waals surface area contributed by atoms with E-state index in [4.69, 9.17) is 9.73 Å². The highest BCUT2D eigenvalue weighted by Crippen LogP contribution is 2.44. The fourth-order valence-electron chi connectivity index (χ4n) is 3.35. The second-order valence-electron chi connectivity index (χ2n) is 7.30. The van der Waals surface area contributed by atoms with Crippen LogP contribution in [0.1, 0.15) is 46.5 Å². The zero-order valence-electron chi connectivity index (χ0n) is 14.8. The topological polar surface area (TPSA) is 36.9 Å². The summed E-state index contributed by atoms with van der Waals surface area (Å²) in [7, 11) is 1.80. The molecule has 1 aliphatic heterocycles. The Hall–Kier alpha value is -0.420. The molecule has 0 aromatic heterocycles. The average molecular weight is 328 g/mol. The van der Waals surface area contributed by atoms with Gasteiger partial charge in [-0.1, -0.05) is 6.42 Å². The lowest BCUT2D eigenvalue weighted by Crippen LogP contribution is -2.51. The predicted octanol–water partition coefficient (Wildman–Crippen LogP) is 2.99. The second kappa shape index (κ2) is 7.91. The molecular weight excluding hydrogens is 294 g/mol. The third-order valence-electron chi connectivity index (χ3n) is 4.88. The van der Waals surface area contributed by atoms with Crippen molar-refractivity contribution in [1.29, 1.82) is 0 Å². The SMILES string of the molecule is CCNC(=NCC1(CCOC)CCC1)N1CCSC(C)(C)C1. The Morgan fingerprint density at radius 3 is 2.68 bits per heavy atom. The number of nitrogens with one attached hydrogen (secondary N) is 1. The first kappa shape index (κ1) is 17.9. The van der Waals surface area contributed by atoms with E-state index in [2.05, 4.69) is 42.7 Å². The van der Waals surface area contributed by atoms with Crippen LogP contribution in [0.4, 0.5) is 0 Å². The van der Waals surface area contributed by atoms with Gasteiger partial charge in [0.05, 0.1) is 0 Å². The molecule has 1 aliphatic carbocycles. The molecule has 0 radical (unpaired) electrons. The highest BCUT2D eigenvalue weighted by Gasteiger charge is 2.37. The molecule has 128 valence electrons. The van der Waals surface area contributed by atoms with Crippen molar-refractivity contribution in [1.82, 2.24) is 10.2 Å². The van der Waals surface area contributed by atoms with E-state index < -0.39 is 0 Å². The van der Waals surface area contributed by atoms with E-state index in [0.29, 0.717) is 10.2 Å². The summed E-state index contributed by atoms with van der Waals surface area (Å²) in [5.74, 6) is 2.30. The quantitative estimate of drug-likeness (QED) is 0.601. The van der Waals surface area contributed by atoms with Gasteiger partial charge in [-0.05, 0) is 45.4 Å². The number of hydrogen-bond acceptors (Lipinski definition) is 3. The van der Waals surface area contributed by atoms with Crippen LogP contribution >= 0.6 is 11.8 Å². The van der Waals surface area contributed by atoms with Gasteiger partial charge in [-0.25, -0.2) is 0 Å². The predicted molar refractivity (Wildman–Crippen MR) is 96.9 cm³/mol. The maximum Gasteiger partial charge on any atom is 0.194 e. The molecule has 0 aromatic rings. The Labute approximate surface area is 140 Å². The molecule has 0 amide bonds. The molecule has 4 nitrogen and oxygen atoms in total. The van der Waals surface area contributed by atoms with E-state index in [1.807, 2.05) is 0 Å². The monoisotopic (exact) mass is 327 g/mol. The Morgan fingerprint density at radius 2 is 2.14 bits per heavy atom. The van der Waals surface area contributed by atoms with Crippen LogP contribution in [-0.2, 0) is 4.74 Å². The number of thioether (sulfide) groups is 1. The van der Waals surface area contributed by atoms with Crippen LogP contribution < -0.4 is 5.32 Å². The van der Waals surface area contributed by atoms with Crippen molar-refractivity contribution in [2.45, 2.75) is 51.2 Å². The number of guanidine groups is 1. The van der Waals surface area contributed by atoms with Crippen LogP contribution in [0.3, 0.4) is 0 Å². The van der Waals surface area contributed by atoms with E-state index in [9.17, 15) is 0 Å². The number of aliphatic imine (C=N–C) groups is 1. The fraction of sp³-hybridized carbons (Fsp3) is 0.941. The first-order chi connectivity index (χ1) is 10.5. The van der Waals surface area contributed by atoms with Gasteiger partial charge < -0.3 is 15.0 Å². The lowest BCUT2D eigenvalue weighted by atomic mass is 9.67. The third-order valence-corrected chi connectivity index (χ3v) is 6.17. The van der Waals surface area contributed by atoms with Gasteiger partial charge in [-0.2, -0.15) is 11.8 Å². The number of ether oxygens (including phenoxy) is 1. The highest BCUT2D eigenvalue weighted by molar-refractivity contribution is 8.00. The number of methoxy groups -OCH3 is 1. The fourth-order valence-corrected chi connectivity index (χ4v) is 4.46. The molecule has 2 rings (SSSR count). The summed E-state index contributed by atoms with van der Waals surface area (Å²) in [5, 5.41) is 3.50. The molecule has 0 aromatic carbocycles. The first-order valence-corrected chi connectivity index (χ1v) is 9.65. The maximum absolute atomic E-state index is 5.29. The van der Waals surface area contributed by atoms with Gasteiger partial charge in [0.15, 0.2) is 5.96 Å². The minimum atomic E-state index is 0.318. The van der Waals surface area contributed by atoms with Gasteiger partial charge in [0.2, 0.25) is 0 Å². The zero-order chi connectivity index (χ0) is 16.1. The zero-order valence-corrected chi connectivity index (χ0v) is 15.6. The van der Waals surface area contributed by atoms with Gasteiger partial charge in [-0.15, -0.1) is 0 Å². The molecule has 0 bridgehead atoms. The van der Waals surface area contributed by atoms with Crippen LogP contribution in [0.15, 0.2) is 4.99 Å². The average Bonchev–Trinajstić information content (AvgIpc) is 2.43. The van der Waals surface area contributed by atoms with Crippen molar-refractivity contribution < 1.29 is 4.74 Å². The van der Waals surface area contributed by atoms with Crippen LogP contribution in [0, 0.1) is 5.41 Å². The Morgan fingerprint density at radius 1 is 1.36 bits per heavy atom. The summed E-state index contributed by atoms with van der Waals surface area (Å²) in [6, 6.07) is 0. The van der Waals surface area contributed by atoms with E-state index in [1.165, 1.54) is 25.0 Å². The minimum absolute atomic E-state index is 0.318. The lowest BCUT2D eigenvalue weighted by molar-refractivity contribution is 0.0776. The normalized spacial score (nSPS) is 24.0. The molecule has 22 heavy (non-hydrogen) atoms. The van der Waals surface area contributed by atoms with Crippen molar-refractivity contribution >= 4 is 17.7 Å². The lowest BCUT2D eigenvalue weighted by Gasteiger charge is -2.42. The molecule has 0 spiro atoms. The van der Waals surface area contributed by atoms with Crippen molar-refractivity contribution in [3.63, 3.8) is 0 Å². The van der Waals surface area contributed by atoms with Gasteiger partial charge in [0.1, 0.15) is 0 Å². The molecule has 2 aliphatic rings. The van der Waals surface area contributed by atoms with Crippen LogP contribution in [0.2, 0.25) is 0 Å². The minimum Gasteiger partial charge on any atom is -0.385 e. The van der Waals surface area contributed by atoms with E-state index in [-0.39, 0.29) is 0 Å². The number of hydrogen-bond donors (Lipinski definition) is 1.